The maximum absolute atomic E-state index is 12.1. The Morgan fingerprint density at radius 2 is 1.71 bits per heavy atom. The standard InChI is InChI=1S/C17H22N4O3/c1-17(2,3)11-6-8-12(9-7-11)19-15(22)20-13-10-18-16(24-5)21-14(13)23-4/h6-10H,1-5H3,(H2,19,20,22). The Morgan fingerprint density at radius 1 is 1.04 bits per heavy atom. The molecule has 0 saturated heterocycles. The van der Waals surface area contributed by atoms with Crippen LogP contribution in [0.5, 0.6) is 11.9 Å². The molecule has 0 unspecified atom stereocenters. The highest BCUT2D eigenvalue weighted by atomic mass is 16.5. The summed E-state index contributed by atoms with van der Waals surface area (Å²) in [4.78, 5) is 20.1. The van der Waals surface area contributed by atoms with Gasteiger partial charge in [0.05, 0.1) is 20.4 Å². The number of nitrogens with zero attached hydrogens (tertiary/aromatic N) is 2. The Hall–Kier alpha value is -2.83. The normalized spacial score (nSPS) is 10.9. The van der Waals surface area contributed by atoms with Crippen molar-refractivity contribution in [2.45, 2.75) is 26.2 Å². The van der Waals surface area contributed by atoms with Gasteiger partial charge in [-0.05, 0) is 23.1 Å². The van der Waals surface area contributed by atoms with E-state index in [0.717, 1.165) is 0 Å². The summed E-state index contributed by atoms with van der Waals surface area (Å²) in [5, 5.41) is 5.41. The molecule has 0 fully saturated rings. The van der Waals surface area contributed by atoms with Gasteiger partial charge in [-0.25, -0.2) is 9.78 Å². The third kappa shape index (κ3) is 4.34. The molecule has 7 nitrogen and oxygen atoms in total. The number of carbonyl (C=O) groups is 1. The molecule has 0 saturated carbocycles. The maximum Gasteiger partial charge on any atom is 0.323 e. The lowest BCUT2D eigenvalue weighted by atomic mass is 9.87. The topological polar surface area (TPSA) is 85.4 Å². The molecular formula is C17H22N4O3. The van der Waals surface area contributed by atoms with Crippen LogP contribution >= 0.6 is 0 Å². The summed E-state index contributed by atoms with van der Waals surface area (Å²) in [7, 11) is 2.91. The van der Waals surface area contributed by atoms with E-state index in [1.807, 2.05) is 24.3 Å². The Bertz CT molecular complexity index is 709. The lowest BCUT2D eigenvalue weighted by Gasteiger charge is -2.19. The molecule has 7 heteroatoms. The summed E-state index contributed by atoms with van der Waals surface area (Å²) >= 11 is 0. The highest BCUT2D eigenvalue weighted by molar-refractivity contribution is 6.00. The number of benzene rings is 1. The van der Waals surface area contributed by atoms with Gasteiger partial charge < -0.3 is 20.1 Å². The minimum atomic E-state index is -0.412. The van der Waals surface area contributed by atoms with E-state index in [4.69, 9.17) is 9.47 Å². The number of amides is 2. The summed E-state index contributed by atoms with van der Waals surface area (Å²) < 4.78 is 10.0. The first-order valence-corrected chi connectivity index (χ1v) is 7.47. The molecule has 1 aromatic carbocycles. The third-order valence-corrected chi connectivity index (χ3v) is 3.36. The van der Waals surface area contributed by atoms with Crippen molar-refractivity contribution >= 4 is 17.4 Å². The van der Waals surface area contributed by atoms with E-state index in [-0.39, 0.29) is 17.3 Å². The van der Waals surface area contributed by atoms with Crippen LogP contribution in [0.25, 0.3) is 0 Å². The van der Waals surface area contributed by atoms with Crippen LogP contribution in [0.4, 0.5) is 16.2 Å². The molecule has 0 aliphatic heterocycles. The van der Waals surface area contributed by atoms with Gasteiger partial charge in [0.25, 0.3) is 0 Å². The van der Waals surface area contributed by atoms with Gasteiger partial charge in [0, 0.05) is 5.69 Å². The molecule has 2 rings (SSSR count). The number of anilines is 2. The first-order chi connectivity index (χ1) is 11.3. The largest absolute Gasteiger partial charge is 0.479 e. The fraction of sp³-hybridized carbons (Fsp3) is 0.353. The van der Waals surface area contributed by atoms with Gasteiger partial charge >= 0.3 is 12.0 Å². The summed E-state index contributed by atoms with van der Waals surface area (Å²) in [6, 6.07) is 7.46. The van der Waals surface area contributed by atoms with Crippen molar-refractivity contribution in [3.63, 3.8) is 0 Å². The molecule has 128 valence electrons. The van der Waals surface area contributed by atoms with Crippen LogP contribution < -0.4 is 20.1 Å². The van der Waals surface area contributed by atoms with E-state index in [2.05, 4.69) is 41.4 Å². The average molecular weight is 330 g/mol. The summed E-state index contributed by atoms with van der Waals surface area (Å²) in [6.07, 6.45) is 1.42. The monoisotopic (exact) mass is 330 g/mol. The van der Waals surface area contributed by atoms with Crippen molar-refractivity contribution in [2.24, 2.45) is 0 Å². The number of hydrogen-bond acceptors (Lipinski definition) is 5. The van der Waals surface area contributed by atoms with Gasteiger partial charge in [0.1, 0.15) is 5.69 Å². The van der Waals surface area contributed by atoms with Crippen molar-refractivity contribution in [3.05, 3.63) is 36.0 Å². The number of methoxy groups -OCH3 is 2. The SMILES string of the molecule is COc1ncc(NC(=O)Nc2ccc(C(C)(C)C)cc2)c(OC)n1. The smallest absolute Gasteiger partial charge is 0.323 e. The number of carbonyl (C=O) groups excluding carboxylic acids is 1. The molecule has 0 radical (unpaired) electrons. The molecule has 24 heavy (non-hydrogen) atoms. The highest BCUT2D eigenvalue weighted by Gasteiger charge is 2.14. The number of urea groups is 1. The van der Waals surface area contributed by atoms with Crippen molar-refractivity contribution in [1.29, 1.82) is 0 Å². The van der Waals surface area contributed by atoms with Crippen LogP contribution in [0.1, 0.15) is 26.3 Å². The van der Waals surface area contributed by atoms with E-state index in [1.165, 1.54) is 26.0 Å². The van der Waals surface area contributed by atoms with Gasteiger partial charge in [-0.15, -0.1) is 0 Å². The zero-order chi connectivity index (χ0) is 17.7. The zero-order valence-corrected chi connectivity index (χ0v) is 14.5. The van der Waals surface area contributed by atoms with Crippen molar-refractivity contribution in [1.82, 2.24) is 9.97 Å². The summed E-state index contributed by atoms with van der Waals surface area (Å²) in [5.74, 6) is 0.222. The minimum absolute atomic E-state index is 0.0641. The Balaban J connectivity index is 2.06. The first-order valence-electron chi connectivity index (χ1n) is 7.47. The number of aromatic nitrogens is 2. The molecule has 2 aromatic rings. The zero-order valence-electron chi connectivity index (χ0n) is 14.5. The van der Waals surface area contributed by atoms with Crippen LogP contribution in [-0.4, -0.2) is 30.2 Å². The molecule has 1 aromatic heterocycles. The fourth-order valence-corrected chi connectivity index (χ4v) is 2.03. The lowest BCUT2D eigenvalue weighted by molar-refractivity contribution is 0.262. The van der Waals surface area contributed by atoms with Crippen LogP contribution in [0, 0.1) is 0 Å². The van der Waals surface area contributed by atoms with Crippen LogP contribution in [0.2, 0.25) is 0 Å². The van der Waals surface area contributed by atoms with Crippen LogP contribution in [0.15, 0.2) is 30.5 Å². The van der Waals surface area contributed by atoms with E-state index in [9.17, 15) is 4.79 Å². The third-order valence-electron chi connectivity index (χ3n) is 3.36. The van der Waals surface area contributed by atoms with Crippen LogP contribution in [-0.2, 0) is 5.41 Å². The number of nitrogens with one attached hydrogen (secondary N) is 2. The highest BCUT2D eigenvalue weighted by Crippen LogP contribution is 2.24. The van der Waals surface area contributed by atoms with Crippen molar-refractivity contribution < 1.29 is 14.3 Å². The van der Waals surface area contributed by atoms with Gasteiger partial charge in [-0.1, -0.05) is 32.9 Å². The second kappa shape index (κ2) is 7.16. The minimum Gasteiger partial charge on any atom is -0.479 e. The lowest BCUT2D eigenvalue weighted by Crippen LogP contribution is -2.20. The van der Waals surface area contributed by atoms with E-state index < -0.39 is 6.03 Å². The van der Waals surface area contributed by atoms with Gasteiger partial charge in [-0.3, -0.25) is 0 Å². The van der Waals surface area contributed by atoms with E-state index in [0.29, 0.717) is 11.4 Å². The Morgan fingerprint density at radius 3 is 2.25 bits per heavy atom. The van der Waals surface area contributed by atoms with Crippen molar-refractivity contribution in [3.8, 4) is 11.9 Å². The molecule has 0 atom stereocenters. The Labute approximate surface area is 141 Å². The molecule has 0 aliphatic rings. The molecule has 0 spiro atoms. The predicted octanol–water partition coefficient (Wildman–Crippen LogP) is 3.44. The van der Waals surface area contributed by atoms with E-state index >= 15 is 0 Å². The molecule has 0 aliphatic carbocycles. The molecule has 1 heterocycles. The number of ether oxygens (including phenoxy) is 2. The molecule has 2 N–H and O–H groups in total. The first kappa shape index (κ1) is 17.5. The summed E-state index contributed by atoms with van der Waals surface area (Å²) in [5.41, 5.74) is 2.30. The van der Waals surface area contributed by atoms with E-state index in [1.54, 1.807) is 0 Å². The second-order valence-corrected chi connectivity index (χ2v) is 6.19. The van der Waals surface area contributed by atoms with Crippen molar-refractivity contribution in [2.75, 3.05) is 24.9 Å². The van der Waals surface area contributed by atoms with Crippen LogP contribution in [0.3, 0.4) is 0 Å². The molecular weight excluding hydrogens is 308 g/mol. The van der Waals surface area contributed by atoms with Gasteiger partial charge in [0.2, 0.25) is 5.88 Å². The fourth-order valence-electron chi connectivity index (χ4n) is 2.03. The van der Waals surface area contributed by atoms with Gasteiger partial charge in [0.15, 0.2) is 0 Å². The predicted molar refractivity (Wildman–Crippen MR) is 92.9 cm³/mol. The number of rotatable bonds is 4. The second-order valence-electron chi connectivity index (χ2n) is 6.19. The molecule has 2 amide bonds. The maximum atomic E-state index is 12.1. The Kier molecular flexibility index (Phi) is 5.23. The molecule has 0 bridgehead atoms. The quantitative estimate of drug-likeness (QED) is 0.897. The average Bonchev–Trinajstić information content (AvgIpc) is 2.54. The number of hydrogen-bond donors (Lipinski definition) is 2. The van der Waals surface area contributed by atoms with Gasteiger partial charge in [-0.2, -0.15) is 4.98 Å². The summed E-state index contributed by atoms with van der Waals surface area (Å²) in [6.45, 7) is 6.41.